The van der Waals surface area contributed by atoms with Crippen molar-refractivity contribution in [2.45, 2.75) is 63.7 Å². The Morgan fingerprint density at radius 2 is 1.68 bits per heavy atom. The Bertz CT molecular complexity index is 642. The lowest BCUT2D eigenvalue weighted by Crippen LogP contribution is -2.32. The molecular weight excluding hydrogens is 264 g/mol. The van der Waals surface area contributed by atoms with Crippen molar-refractivity contribution in [2.24, 2.45) is 0 Å². The molecule has 3 atom stereocenters. The Labute approximate surface area is 135 Å². The molecule has 0 amide bonds. The van der Waals surface area contributed by atoms with E-state index in [0.717, 1.165) is 0 Å². The molecular formula is C22H28. The molecule has 3 unspecified atom stereocenters. The van der Waals surface area contributed by atoms with Gasteiger partial charge < -0.3 is 0 Å². The highest BCUT2D eigenvalue weighted by atomic mass is 14.5. The van der Waals surface area contributed by atoms with Crippen molar-refractivity contribution >= 4 is 0 Å². The Hall–Kier alpha value is -1.56. The zero-order chi connectivity index (χ0) is 15.8. The van der Waals surface area contributed by atoms with E-state index in [-0.39, 0.29) is 10.8 Å². The molecule has 1 aliphatic rings. The summed E-state index contributed by atoms with van der Waals surface area (Å²) in [5.74, 6) is 0.679. The minimum atomic E-state index is 0.243. The summed E-state index contributed by atoms with van der Waals surface area (Å²) < 4.78 is 0. The molecule has 0 radical (unpaired) electrons. The average Bonchev–Trinajstić information content (AvgIpc) is 2.79. The van der Waals surface area contributed by atoms with Gasteiger partial charge in [-0.25, -0.2) is 0 Å². The van der Waals surface area contributed by atoms with Gasteiger partial charge in [-0.1, -0.05) is 82.3 Å². The van der Waals surface area contributed by atoms with E-state index in [2.05, 4.69) is 82.3 Å². The molecule has 0 spiro atoms. The molecule has 0 heteroatoms. The fourth-order valence-electron chi connectivity index (χ4n) is 4.67. The fourth-order valence-corrected chi connectivity index (χ4v) is 4.67. The highest BCUT2D eigenvalue weighted by Gasteiger charge is 2.42. The van der Waals surface area contributed by atoms with E-state index in [1.54, 1.807) is 11.1 Å². The lowest BCUT2D eigenvalue weighted by atomic mass is 9.66. The Kier molecular flexibility index (Phi) is 3.89. The number of hydrogen-bond acceptors (Lipinski definition) is 0. The van der Waals surface area contributed by atoms with Crippen molar-refractivity contribution in [3.05, 3.63) is 71.3 Å². The standard InChI is InChI=1S/C22H28/c1-5-21(3,18-11-7-6-8-12-18)16-22(4)15-17(2)19-13-9-10-14-20(19)22/h6-14,17H,5,15-16H2,1-4H3. The van der Waals surface area contributed by atoms with E-state index in [1.165, 1.54) is 24.8 Å². The van der Waals surface area contributed by atoms with Gasteiger partial charge in [-0.3, -0.25) is 0 Å². The van der Waals surface area contributed by atoms with Crippen LogP contribution in [0.1, 0.15) is 69.6 Å². The quantitative estimate of drug-likeness (QED) is 0.628. The molecule has 22 heavy (non-hydrogen) atoms. The minimum absolute atomic E-state index is 0.243. The van der Waals surface area contributed by atoms with E-state index in [4.69, 9.17) is 0 Å². The smallest absolute Gasteiger partial charge is 0.00584 e. The van der Waals surface area contributed by atoms with Crippen molar-refractivity contribution in [3.63, 3.8) is 0 Å². The van der Waals surface area contributed by atoms with Crippen LogP contribution in [0.5, 0.6) is 0 Å². The van der Waals surface area contributed by atoms with Crippen LogP contribution < -0.4 is 0 Å². The number of fused-ring (bicyclic) bond motifs is 1. The molecule has 0 fully saturated rings. The third kappa shape index (κ3) is 2.49. The molecule has 3 rings (SSSR count). The summed E-state index contributed by atoms with van der Waals surface area (Å²) in [7, 11) is 0. The fraction of sp³-hybridized carbons (Fsp3) is 0.455. The highest BCUT2D eigenvalue weighted by Crippen LogP contribution is 2.52. The molecule has 0 bridgehead atoms. The van der Waals surface area contributed by atoms with Crippen LogP contribution in [0.2, 0.25) is 0 Å². The molecule has 0 aliphatic heterocycles. The van der Waals surface area contributed by atoms with Crippen LogP contribution in [0.15, 0.2) is 54.6 Å². The van der Waals surface area contributed by atoms with Crippen molar-refractivity contribution in [3.8, 4) is 0 Å². The lowest BCUT2D eigenvalue weighted by Gasteiger charge is -2.38. The molecule has 2 aromatic rings. The van der Waals surface area contributed by atoms with E-state index in [1.807, 2.05) is 0 Å². The highest BCUT2D eigenvalue weighted by molar-refractivity contribution is 5.42. The van der Waals surface area contributed by atoms with Gasteiger partial charge in [0.25, 0.3) is 0 Å². The Balaban J connectivity index is 1.98. The monoisotopic (exact) mass is 292 g/mol. The van der Waals surface area contributed by atoms with Gasteiger partial charge in [-0.05, 0) is 52.7 Å². The van der Waals surface area contributed by atoms with Crippen LogP contribution in [0.25, 0.3) is 0 Å². The molecule has 0 nitrogen and oxygen atoms in total. The second-order valence-electron chi connectivity index (χ2n) is 7.71. The first kappa shape index (κ1) is 15.3. The molecule has 0 heterocycles. The molecule has 1 aliphatic carbocycles. The lowest BCUT2D eigenvalue weighted by molar-refractivity contribution is 0.290. The number of rotatable bonds is 4. The maximum atomic E-state index is 2.48. The second-order valence-corrected chi connectivity index (χ2v) is 7.71. The molecule has 0 saturated carbocycles. The zero-order valence-corrected chi connectivity index (χ0v) is 14.4. The van der Waals surface area contributed by atoms with E-state index < -0.39 is 0 Å². The normalized spacial score (nSPS) is 26.5. The number of benzene rings is 2. The van der Waals surface area contributed by atoms with Gasteiger partial charge in [0.05, 0.1) is 0 Å². The van der Waals surface area contributed by atoms with Gasteiger partial charge in [0, 0.05) is 0 Å². The maximum Gasteiger partial charge on any atom is -0.00584 e. The van der Waals surface area contributed by atoms with Gasteiger partial charge in [0.1, 0.15) is 0 Å². The predicted molar refractivity (Wildman–Crippen MR) is 95.5 cm³/mol. The van der Waals surface area contributed by atoms with Gasteiger partial charge in [-0.15, -0.1) is 0 Å². The number of hydrogen-bond donors (Lipinski definition) is 0. The van der Waals surface area contributed by atoms with Gasteiger partial charge in [-0.2, -0.15) is 0 Å². The summed E-state index contributed by atoms with van der Waals surface area (Å²) in [4.78, 5) is 0. The maximum absolute atomic E-state index is 2.48. The van der Waals surface area contributed by atoms with Crippen LogP contribution in [-0.2, 0) is 10.8 Å². The van der Waals surface area contributed by atoms with Crippen molar-refractivity contribution in [1.29, 1.82) is 0 Å². The molecule has 116 valence electrons. The molecule has 0 saturated heterocycles. The van der Waals surface area contributed by atoms with Crippen LogP contribution >= 0.6 is 0 Å². The van der Waals surface area contributed by atoms with Crippen LogP contribution in [0.3, 0.4) is 0 Å². The van der Waals surface area contributed by atoms with Crippen LogP contribution in [-0.4, -0.2) is 0 Å². The van der Waals surface area contributed by atoms with Gasteiger partial charge in [0.15, 0.2) is 0 Å². The first-order chi connectivity index (χ1) is 10.5. The Morgan fingerprint density at radius 1 is 1.05 bits per heavy atom. The van der Waals surface area contributed by atoms with E-state index in [0.29, 0.717) is 5.92 Å². The average molecular weight is 292 g/mol. The SMILES string of the molecule is CCC(C)(CC1(C)CC(C)c2ccccc21)c1ccccc1. The van der Waals surface area contributed by atoms with Crippen molar-refractivity contribution in [2.75, 3.05) is 0 Å². The second kappa shape index (κ2) is 5.57. The summed E-state index contributed by atoms with van der Waals surface area (Å²) in [5, 5.41) is 0. The summed E-state index contributed by atoms with van der Waals surface area (Å²) >= 11 is 0. The largest absolute Gasteiger partial charge is 0.0645 e. The van der Waals surface area contributed by atoms with Crippen molar-refractivity contribution in [1.82, 2.24) is 0 Å². The molecule has 0 N–H and O–H groups in total. The topological polar surface area (TPSA) is 0 Å². The summed E-state index contributed by atoms with van der Waals surface area (Å²) in [6, 6.07) is 20.2. The minimum Gasteiger partial charge on any atom is -0.0645 e. The third-order valence-electron chi connectivity index (χ3n) is 5.93. The first-order valence-electron chi connectivity index (χ1n) is 8.63. The van der Waals surface area contributed by atoms with Crippen LogP contribution in [0.4, 0.5) is 0 Å². The van der Waals surface area contributed by atoms with Crippen molar-refractivity contribution < 1.29 is 0 Å². The van der Waals surface area contributed by atoms with Crippen LogP contribution in [0, 0.1) is 0 Å². The zero-order valence-electron chi connectivity index (χ0n) is 14.4. The summed E-state index contributed by atoms with van der Waals surface area (Å²) in [6.45, 7) is 9.64. The third-order valence-corrected chi connectivity index (χ3v) is 5.93. The predicted octanol–water partition coefficient (Wildman–Crippen LogP) is 6.21. The summed E-state index contributed by atoms with van der Waals surface area (Å²) in [6.07, 6.45) is 3.68. The van der Waals surface area contributed by atoms with E-state index in [9.17, 15) is 0 Å². The summed E-state index contributed by atoms with van der Waals surface area (Å²) in [5.41, 5.74) is 5.16. The van der Waals surface area contributed by atoms with Gasteiger partial charge in [0.2, 0.25) is 0 Å². The Morgan fingerprint density at radius 3 is 2.36 bits per heavy atom. The molecule has 2 aromatic carbocycles. The molecule has 0 aromatic heterocycles. The van der Waals surface area contributed by atoms with E-state index >= 15 is 0 Å². The van der Waals surface area contributed by atoms with Gasteiger partial charge >= 0.3 is 0 Å². The first-order valence-corrected chi connectivity index (χ1v) is 8.63.